The first-order valence-electron chi connectivity index (χ1n) is 11.1. The Labute approximate surface area is 191 Å². The zero-order chi connectivity index (χ0) is 22.8. The van der Waals surface area contributed by atoms with Crippen LogP contribution >= 0.6 is 0 Å². The average molecular weight is 444 g/mol. The number of fused-ring (bicyclic) bond motifs is 1. The zero-order valence-corrected chi connectivity index (χ0v) is 18.4. The molecule has 9 heteroatoms. The minimum absolute atomic E-state index is 0.0328. The van der Waals surface area contributed by atoms with Gasteiger partial charge in [0.1, 0.15) is 5.82 Å². The second kappa shape index (κ2) is 8.85. The van der Waals surface area contributed by atoms with Crippen LogP contribution in [0.5, 0.6) is 0 Å². The molecule has 0 atom stereocenters. The third kappa shape index (κ3) is 4.09. The van der Waals surface area contributed by atoms with Crippen molar-refractivity contribution in [3.8, 4) is 22.4 Å². The van der Waals surface area contributed by atoms with Crippen LogP contribution in [0.2, 0.25) is 0 Å². The summed E-state index contributed by atoms with van der Waals surface area (Å²) in [4.78, 5) is 27.8. The maximum Gasteiger partial charge on any atom is 0.309 e. The molecule has 33 heavy (non-hydrogen) atoms. The molecule has 5 heterocycles. The van der Waals surface area contributed by atoms with Crippen molar-refractivity contribution >= 4 is 23.3 Å². The summed E-state index contributed by atoms with van der Waals surface area (Å²) >= 11 is 0. The summed E-state index contributed by atoms with van der Waals surface area (Å²) in [5, 5.41) is 4.45. The first kappa shape index (κ1) is 20.9. The Kier molecular flexibility index (Phi) is 5.60. The largest absolute Gasteiger partial charge is 0.466 e. The van der Waals surface area contributed by atoms with Gasteiger partial charge >= 0.3 is 5.97 Å². The summed E-state index contributed by atoms with van der Waals surface area (Å²) in [5.41, 5.74) is 10.2. The number of piperidine rings is 1. The lowest BCUT2D eigenvalue weighted by Gasteiger charge is -2.31. The number of anilines is 2. The van der Waals surface area contributed by atoms with Crippen LogP contribution in [0.3, 0.4) is 0 Å². The van der Waals surface area contributed by atoms with E-state index in [1.165, 1.54) is 0 Å². The molecular weight excluding hydrogens is 418 g/mol. The van der Waals surface area contributed by atoms with Gasteiger partial charge in [-0.2, -0.15) is 0 Å². The summed E-state index contributed by atoms with van der Waals surface area (Å²) in [6.45, 7) is 3.79. The van der Waals surface area contributed by atoms with Gasteiger partial charge in [-0.15, -0.1) is 5.10 Å². The molecule has 168 valence electrons. The van der Waals surface area contributed by atoms with Crippen molar-refractivity contribution in [3.63, 3.8) is 0 Å². The van der Waals surface area contributed by atoms with Gasteiger partial charge in [0.05, 0.1) is 23.8 Å². The fourth-order valence-corrected chi connectivity index (χ4v) is 4.23. The highest BCUT2D eigenvalue weighted by atomic mass is 16.5. The van der Waals surface area contributed by atoms with Crippen LogP contribution in [0.1, 0.15) is 19.8 Å². The van der Waals surface area contributed by atoms with E-state index in [-0.39, 0.29) is 11.9 Å². The van der Waals surface area contributed by atoms with Gasteiger partial charge in [-0.3, -0.25) is 9.78 Å². The van der Waals surface area contributed by atoms with E-state index in [0.29, 0.717) is 18.1 Å². The van der Waals surface area contributed by atoms with E-state index < -0.39 is 0 Å². The van der Waals surface area contributed by atoms with Crippen molar-refractivity contribution < 1.29 is 9.53 Å². The molecule has 4 aromatic heterocycles. The first-order valence-corrected chi connectivity index (χ1v) is 11.1. The fourth-order valence-electron chi connectivity index (χ4n) is 4.23. The molecule has 1 fully saturated rings. The van der Waals surface area contributed by atoms with Gasteiger partial charge in [0.2, 0.25) is 0 Å². The number of nitrogen functional groups attached to an aromatic ring is 1. The molecule has 1 aliphatic heterocycles. The van der Waals surface area contributed by atoms with Crippen molar-refractivity contribution in [2.45, 2.75) is 19.8 Å². The maximum atomic E-state index is 12.0. The molecule has 0 saturated carbocycles. The lowest BCUT2D eigenvalue weighted by atomic mass is 9.97. The summed E-state index contributed by atoms with van der Waals surface area (Å²) in [6.07, 6.45) is 8.78. The van der Waals surface area contributed by atoms with E-state index in [9.17, 15) is 4.79 Å². The summed E-state index contributed by atoms with van der Waals surface area (Å²) in [6, 6.07) is 9.65. The molecule has 0 unspecified atom stereocenters. The molecule has 0 spiro atoms. The van der Waals surface area contributed by atoms with Crippen LogP contribution in [0.4, 0.5) is 11.6 Å². The smallest absolute Gasteiger partial charge is 0.309 e. The Morgan fingerprint density at radius 1 is 1.12 bits per heavy atom. The molecule has 0 aliphatic carbocycles. The van der Waals surface area contributed by atoms with Crippen molar-refractivity contribution in [3.05, 3.63) is 55.1 Å². The molecule has 4 aromatic rings. The molecule has 0 aromatic carbocycles. The van der Waals surface area contributed by atoms with Crippen molar-refractivity contribution in [1.29, 1.82) is 0 Å². The van der Waals surface area contributed by atoms with E-state index in [4.69, 9.17) is 10.5 Å². The number of aromatic nitrogens is 5. The topological polar surface area (TPSA) is 112 Å². The number of nitrogens with zero attached hydrogens (tertiary/aromatic N) is 6. The molecule has 5 rings (SSSR count). The molecule has 0 amide bonds. The number of carbonyl (C=O) groups is 1. The van der Waals surface area contributed by atoms with Crippen LogP contribution in [-0.4, -0.2) is 50.2 Å². The molecule has 9 nitrogen and oxygen atoms in total. The van der Waals surface area contributed by atoms with Crippen LogP contribution in [-0.2, 0) is 9.53 Å². The molecule has 1 aliphatic rings. The van der Waals surface area contributed by atoms with Crippen LogP contribution in [0.15, 0.2) is 55.1 Å². The molecule has 1 saturated heterocycles. The van der Waals surface area contributed by atoms with Gasteiger partial charge in [0.15, 0.2) is 11.5 Å². The third-order valence-corrected chi connectivity index (χ3v) is 5.94. The highest BCUT2D eigenvalue weighted by Gasteiger charge is 2.26. The average Bonchev–Trinajstić information content (AvgIpc) is 3.19. The first-order chi connectivity index (χ1) is 16.1. The van der Waals surface area contributed by atoms with E-state index in [0.717, 1.165) is 54.1 Å². The van der Waals surface area contributed by atoms with Gasteiger partial charge in [0.25, 0.3) is 0 Å². The summed E-state index contributed by atoms with van der Waals surface area (Å²) in [5.74, 6) is 1.14. The predicted molar refractivity (Wildman–Crippen MR) is 125 cm³/mol. The second-order valence-electron chi connectivity index (χ2n) is 8.00. The fraction of sp³-hybridized carbons (Fsp3) is 0.292. The van der Waals surface area contributed by atoms with Gasteiger partial charge in [-0.05, 0) is 49.6 Å². The quantitative estimate of drug-likeness (QED) is 0.468. The number of esters is 1. The van der Waals surface area contributed by atoms with Crippen molar-refractivity contribution in [1.82, 2.24) is 24.6 Å². The Hall–Kier alpha value is -4.01. The van der Waals surface area contributed by atoms with E-state index in [2.05, 4.69) is 25.0 Å². The Balaban J connectivity index is 1.39. The van der Waals surface area contributed by atoms with Crippen LogP contribution in [0, 0.1) is 5.92 Å². The number of hydrogen-bond donors (Lipinski definition) is 1. The number of nitrogens with two attached hydrogens (primary N) is 1. The highest BCUT2D eigenvalue weighted by Crippen LogP contribution is 2.30. The minimum Gasteiger partial charge on any atom is -0.466 e. The normalized spacial score (nSPS) is 14.5. The van der Waals surface area contributed by atoms with Gasteiger partial charge in [0, 0.05) is 43.4 Å². The van der Waals surface area contributed by atoms with E-state index >= 15 is 0 Å². The van der Waals surface area contributed by atoms with E-state index in [1.54, 1.807) is 16.9 Å². The Morgan fingerprint density at radius 3 is 2.73 bits per heavy atom. The predicted octanol–water partition coefficient (Wildman–Crippen LogP) is 3.22. The molecule has 0 bridgehead atoms. The van der Waals surface area contributed by atoms with E-state index in [1.807, 2.05) is 49.6 Å². The van der Waals surface area contributed by atoms with Gasteiger partial charge < -0.3 is 15.4 Å². The number of ether oxygens (including phenoxy) is 1. The lowest BCUT2D eigenvalue weighted by molar-refractivity contribution is -0.148. The summed E-state index contributed by atoms with van der Waals surface area (Å²) in [7, 11) is 0. The third-order valence-electron chi connectivity index (χ3n) is 5.94. The Morgan fingerprint density at radius 2 is 1.97 bits per heavy atom. The number of hydrogen-bond acceptors (Lipinski definition) is 8. The maximum absolute atomic E-state index is 12.0. The monoisotopic (exact) mass is 443 g/mol. The van der Waals surface area contributed by atoms with Gasteiger partial charge in [-0.25, -0.2) is 14.5 Å². The molecular formula is C24H25N7O2. The lowest BCUT2D eigenvalue weighted by Crippen LogP contribution is -2.37. The van der Waals surface area contributed by atoms with Gasteiger partial charge in [-0.1, -0.05) is 6.07 Å². The van der Waals surface area contributed by atoms with Crippen LogP contribution in [0.25, 0.3) is 28.0 Å². The standard InChI is InChI=1S/C24H25N7O2/c1-2-33-24(32)16-7-11-30(12-8-16)20-13-17(6-10-27-20)18-14-28-23-21(19-5-3-4-9-26-19)22(25)29-31(23)15-18/h3-6,9-10,13-16H,2,7-8,11-12H2,1H3,(H2,25,29). The van der Waals surface area contributed by atoms with Crippen LogP contribution < -0.4 is 10.6 Å². The molecule has 0 radical (unpaired) electrons. The summed E-state index contributed by atoms with van der Waals surface area (Å²) < 4.78 is 6.87. The van der Waals surface area contributed by atoms with Crippen molar-refractivity contribution in [2.24, 2.45) is 5.92 Å². The SMILES string of the molecule is CCOC(=O)C1CCN(c2cc(-c3cnc4c(-c5ccccn5)c(N)nn4c3)ccn2)CC1. The number of carbonyl (C=O) groups excluding carboxylic acids is 1. The number of pyridine rings is 2. The highest BCUT2D eigenvalue weighted by molar-refractivity contribution is 5.84. The minimum atomic E-state index is -0.0956. The zero-order valence-electron chi connectivity index (χ0n) is 18.4. The van der Waals surface area contributed by atoms with Crippen molar-refractivity contribution in [2.75, 3.05) is 30.3 Å². The second-order valence-corrected chi connectivity index (χ2v) is 8.00. The molecule has 2 N–H and O–H groups in total. The Bertz CT molecular complexity index is 1280. The number of rotatable bonds is 5.